The molecule has 2 unspecified atom stereocenters. The van der Waals surface area contributed by atoms with Crippen LogP contribution < -0.4 is 5.32 Å². The van der Waals surface area contributed by atoms with Crippen molar-refractivity contribution in [3.63, 3.8) is 0 Å². The predicted molar refractivity (Wildman–Crippen MR) is 255 cm³/mol. The van der Waals surface area contributed by atoms with E-state index in [1.807, 2.05) is 0 Å². The number of aliphatic hydroxyl groups excluding tert-OH is 2. The quantitative estimate of drug-likeness (QED) is 0.0323. The molecule has 1 amide bonds. The van der Waals surface area contributed by atoms with Gasteiger partial charge < -0.3 is 20.3 Å². The third-order valence-corrected chi connectivity index (χ3v) is 11.7. The number of amides is 1. The van der Waals surface area contributed by atoms with Crippen molar-refractivity contribution in [2.45, 2.75) is 276 Å². The maximum Gasteiger partial charge on any atom is 0.305 e. The fraction of sp³-hybridized carbons (Fsp3) is 0.849. The molecule has 346 valence electrons. The number of aliphatic hydroxyl groups is 2. The van der Waals surface area contributed by atoms with E-state index in [4.69, 9.17) is 4.74 Å². The maximum atomic E-state index is 12.4. The van der Waals surface area contributed by atoms with Crippen LogP contribution in [0, 0.1) is 0 Å². The molecule has 0 heterocycles. The van der Waals surface area contributed by atoms with E-state index in [1.165, 1.54) is 148 Å². The fourth-order valence-corrected chi connectivity index (χ4v) is 7.66. The Morgan fingerprint density at radius 3 is 1.34 bits per heavy atom. The summed E-state index contributed by atoms with van der Waals surface area (Å²) in [7, 11) is 0. The Morgan fingerprint density at radius 2 is 0.847 bits per heavy atom. The molecule has 0 aliphatic rings. The van der Waals surface area contributed by atoms with Crippen LogP contribution in [-0.2, 0) is 14.3 Å². The van der Waals surface area contributed by atoms with E-state index in [-0.39, 0.29) is 18.5 Å². The van der Waals surface area contributed by atoms with Gasteiger partial charge in [-0.25, -0.2) is 0 Å². The summed E-state index contributed by atoms with van der Waals surface area (Å²) in [5.74, 6) is -0.116. The van der Waals surface area contributed by atoms with Crippen molar-refractivity contribution in [3.8, 4) is 0 Å². The number of esters is 1. The number of carbonyl (C=O) groups excluding carboxylic acids is 2. The van der Waals surface area contributed by atoms with E-state index in [0.29, 0.717) is 25.9 Å². The molecule has 6 nitrogen and oxygen atoms in total. The number of nitrogens with one attached hydrogen (secondary N) is 1. The molecule has 0 saturated carbocycles. The molecule has 0 fully saturated rings. The first-order valence-electron chi connectivity index (χ1n) is 25.7. The molecule has 0 spiro atoms. The Balaban J connectivity index is 3.53. The average molecular weight is 830 g/mol. The van der Waals surface area contributed by atoms with Gasteiger partial charge in [0, 0.05) is 12.8 Å². The minimum absolute atomic E-state index is 0.0444. The monoisotopic (exact) mass is 830 g/mol. The molecule has 0 rings (SSSR count). The Labute approximate surface area is 366 Å². The van der Waals surface area contributed by atoms with Crippen molar-refractivity contribution in [2.75, 3.05) is 13.2 Å². The summed E-state index contributed by atoms with van der Waals surface area (Å²) in [6.45, 7) is 4.83. The molecule has 0 radical (unpaired) electrons. The molecule has 59 heavy (non-hydrogen) atoms. The van der Waals surface area contributed by atoms with E-state index in [0.717, 1.165) is 83.5 Å². The van der Waals surface area contributed by atoms with Gasteiger partial charge in [-0.1, -0.05) is 204 Å². The number of carbonyl (C=O) groups is 2. The summed E-state index contributed by atoms with van der Waals surface area (Å²) < 4.78 is 5.43. The van der Waals surface area contributed by atoms with Crippen LogP contribution in [-0.4, -0.2) is 47.4 Å². The Bertz CT molecular complexity index is 962. The topological polar surface area (TPSA) is 95.9 Å². The largest absolute Gasteiger partial charge is 0.466 e. The van der Waals surface area contributed by atoms with Crippen LogP contribution in [0.2, 0.25) is 0 Å². The van der Waals surface area contributed by atoms with Crippen molar-refractivity contribution in [2.24, 2.45) is 0 Å². The first-order chi connectivity index (χ1) is 29.0. The second-order valence-corrected chi connectivity index (χ2v) is 17.5. The van der Waals surface area contributed by atoms with Crippen LogP contribution in [0.15, 0.2) is 36.5 Å². The van der Waals surface area contributed by atoms with E-state index < -0.39 is 12.1 Å². The minimum Gasteiger partial charge on any atom is -0.466 e. The maximum absolute atomic E-state index is 12.4. The van der Waals surface area contributed by atoms with Crippen LogP contribution >= 0.6 is 0 Å². The number of hydrogen-bond acceptors (Lipinski definition) is 5. The highest BCUT2D eigenvalue weighted by Crippen LogP contribution is 2.16. The molecule has 0 aromatic heterocycles. The first-order valence-corrected chi connectivity index (χ1v) is 25.7. The zero-order valence-electron chi connectivity index (χ0n) is 39.2. The molecule has 0 aliphatic heterocycles. The number of allylic oxidation sites excluding steroid dienone is 6. The van der Waals surface area contributed by atoms with E-state index >= 15 is 0 Å². The van der Waals surface area contributed by atoms with Gasteiger partial charge in [0.25, 0.3) is 0 Å². The molecule has 0 aromatic carbocycles. The summed E-state index contributed by atoms with van der Waals surface area (Å²) >= 11 is 0. The number of rotatable bonds is 47. The summed E-state index contributed by atoms with van der Waals surface area (Å²) in [4.78, 5) is 24.5. The molecule has 3 N–H and O–H groups in total. The molecule has 2 atom stereocenters. The van der Waals surface area contributed by atoms with Crippen molar-refractivity contribution in [3.05, 3.63) is 36.5 Å². The second-order valence-electron chi connectivity index (χ2n) is 17.5. The standard InChI is InChI=1S/C53H99NO5/c1-3-5-7-9-11-13-15-17-19-20-22-24-26-31-35-39-43-47-53(58)59-48-44-40-36-32-28-27-30-34-38-42-46-52(57)54-50(49-55)51(56)45-41-37-33-29-25-23-21-18-16-14-12-10-8-6-4-2/h11,13,17,19,28,32,50-51,55-56H,3-10,12,14-16,18,20-27,29-31,33-49H2,1-2H3,(H,54,57)/b13-11-,19-17-,32-28-. The van der Waals surface area contributed by atoms with Crippen LogP contribution in [0.5, 0.6) is 0 Å². The van der Waals surface area contributed by atoms with Gasteiger partial charge >= 0.3 is 5.97 Å². The highest BCUT2D eigenvalue weighted by atomic mass is 16.5. The number of unbranched alkanes of at least 4 members (excludes halogenated alkanes) is 30. The summed E-state index contributed by atoms with van der Waals surface area (Å²) in [5.41, 5.74) is 0. The van der Waals surface area contributed by atoms with Gasteiger partial charge in [-0.15, -0.1) is 0 Å². The molecule has 6 heteroatoms. The van der Waals surface area contributed by atoms with Gasteiger partial charge in [-0.3, -0.25) is 9.59 Å². The predicted octanol–water partition coefficient (Wildman–Crippen LogP) is 15.3. The van der Waals surface area contributed by atoms with Crippen LogP contribution in [0.4, 0.5) is 0 Å². The van der Waals surface area contributed by atoms with Crippen molar-refractivity contribution in [1.29, 1.82) is 0 Å². The van der Waals surface area contributed by atoms with Crippen LogP contribution in [0.3, 0.4) is 0 Å². The van der Waals surface area contributed by atoms with Gasteiger partial charge in [0.1, 0.15) is 0 Å². The molecule has 0 aliphatic carbocycles. The van der Waals surface area contributed by atoms with Crippen LogP contribution in [0.25, 0.3) is 0 Å². The zero-order valence-corrected chi connectivity index (χ0v) is 39.2. The Kier molecular flexibility index (Phi) is 47.2. The third-order valence-electron chi connectivity index (χ3n) is 11.7. The fourth-order valence-electron chi connectivity index (χ4n) is 7.66. The Hall–Kier alpha value is -1.92. The lowest BCUT2D eigenvalue weighted by atomic mass is 10.0. The second kappa shape index (κ2) is 48.7. The molecular formula is C53H99NO5. The number of ether oxygens (including phenoxy) is 1. The van der Waals surface area contributed by atoms with Crippen molar-refractivity contribution >= 4 is 11.9 Å². The van der Waals surface area contributed by atoms with E-state index in [2.05, 4.69) is 55.6 Å². The smallest absolute Gasteiger partial charge is 0.305 e. The van der Waals surface area contributed by atoms with Crippen molar-refractivity contribution < 1.29 is 24.5 Å². The summed E-state index contributed by atoms with van der Waals surface area (Å²) in [6, 6.07) is -0.567. The Morgan fingerprint density at radius 1 is 0.475 bits per heavy atom. The summed E-state index contributed by atoms with van der Waals surface area (Å²) in [6.07, 6.45) is 58.3. The van der Waals surface area contributed by atoms with Gasteiger partial charge in [-0.05, 0) is 83.5 Å². The molecule has 0 saturated heterocycles. The normalized spacial score (nSPS) is 12.9. The minimum atomic E-state index is -0.686. The SMILES string of the molecule is CCCCC/C=C\C/C=C\CCCCCCCCCC(=O)OCCCC/C=C\CCCCCCC(=O)NC(CO)C(O)CCCCCCCCCCCCCCCCC. The van der Waals surface area contributed by atoms with Crippen molar-refractivity contribution in [1.82, 2.24) is 5.32 Å². The van der Waals surface area contributed by atoms with Gasteiger partial charge in [0.15, 0.2) is 0 Å². The van der Waals surface area contributed by atoms with Crippen LogP contribution in [0.1, 0.15) is 264 Å². The zero-order chi connectivity index (χ0) is 43.0. The highest BCUT2D eigenvalue weighted by molar-refractivity contribution is 5.76. The van der Waals surface area contributed by atoms with Gasteiger partial charge in [0.05, 0.1) is 25.4 Å². The first kappa shape index (κ1) is 57.1. The highest BCUT2D eigenvalue weighted by Gasteiger charge is 2.20. The lowest BCUT2D eigenvalue weighted by Crippen LogP contribution is -2.45. The van der Waals surface area contributed by atoms with E-state index in [9.17, 15) is 19.8 Å². The lowest BCUT2D eigenvalue weighted by molar-refractivity contribution is -0.143. The van der Waals surface area contributed by atoms with Gasteiger partial charge in [0.2, 0.25) is 5.91 Å². The molecule has 0 aromatic rings. The lowest BCUT2D eigenvalue weighted by Gasteiger charge is -2.22. The summed E-state index contributed by atoms with van der Waals surface area (Å²) in [5, 5.41) is 23.2. The molecule has 0 bridgehead atoms. The number of hydrogen-bond donors (Lipinski definition) is 3. The van der Waals surface area contributed by atoms with Gasteiger partial charge in [-0.2, -0.15) is 0 Å². The third kappa shape index (κ3) is 45.4. The van der Waals surface area contributed by atoms with E-state index in [1.54, 1.807) is 0 Å². The molecular weight excluding hydrogens is 731 g/mol. The average Bonchev–Trinajstić information content (AvgIpc) is 3.24.